The molecule has 0 N–H and O–H groups in total. The molecule has 0 radical (unpaired) electrons. The molecule has 0 fully saturated rings. The van der Waals surface area contributed by atoms with Gasteiger partial charge >= 0.3 is 5.97 Å². The van der Waals surface area contributed by atoms with Gasteiger partial charge in [0.15, 0.2) is 0 Å². The molecule has 0 saturated heterocycles. The van der Waals surface area contributed by atoms with E-state index in [4.69, 9.17) is 9.47 Å². The van der Waals surface area contributed by atoms with Crippen molar-refractivity contribution < 1.29 is 14.3 Å². The lowest BCUT2D eigenvalue weighted by Gasteiger charge is -2.08. The summed E-state index contributed by atoms with van der Waals surface area (Å²) in [6.45, 7) is 0. The number of ether oxygens (including phenoxy) is 2. The molecule has 4 heteroatoms. The summed E-state index contributed by atoms with van der Waals surface area (Å²) in [4.78, 5) is 13.5. The Bertz CT molecular complexity index is 618. The topological polar surface area (TPSA) is 35.5 Å². The predicted octanol–water partition coefficient (Wildman–Crippen LogP) is 4.00. The van der Waals surface area contributed by atoms with E-state index in [0.717, 1.165) is 21.1 Å². The maximum atomic E-state index is 11.6. The van der Waals surface area contributed by atoms with Crippen molar-refractivity contribution in [1.29, 1.82) is 0 Å². The van der Waals surface area contributed by atoms with E-state index in [1.54, 1.807) is 7.11 Å². The Labute approximate surface area is 128 Å². The molecule has 0 aliphatic heterocycles. The van der Waals surface area contributed by atoms with E-state index in [-0.39, 0.29) is 5.97 Å². The van der Waals surface area contributed by atoms with E-state index in [2.05, 4.69) is 0 Å². The molecule has 0 aliphatic carbocycles. The second kappa shape index (κ2) is 7.55. The molecule has 0 aliphatic rings. The largest absolute Gasteiger partial charge is 0.497 e. The number of rotatable bonds is 5. The van der Waals surface area contributed by atoms with E-state index < -0.39 is 0 Å². The highest BCUT2D eigenvalue weighted by atomic mass is 32.2. The first kappa shape index (κ1) is 15.2. The molecule has 108 valence electrons. The number of esters is 1. The van der Waals surface area contributed by atoms with Crippen LogP contribution in [0.1, 0.15) is 5.56 Å². The summed E-state index contributed by atoms with van der Waals surface area (Å²) >= 11 is 1.52. The number of methoxy groups -OCH3 is 2. The summed E-state index contributed by atoms with van der Waals surface area (Å²) in [5.41, 5.74) is 0.940. The predicted molar refractivity (Wildman–Crippen MR) is 85.3 cm³/mol. The monoisotopic (exact) mass is 300 g/mol. The fourth-order valence-corrected chi connectivity index (χ4v) is 2.66. The maximum Gasteiger partial charge on any atom is 0.331 e. The highest BCUT2D eigenvalue weighted by Gasteiger charge is 2.08. The third kappa shape index (κ3) is 4.39. The zero-order valence-corrected chi connectivity index (χ0v) is 12.7. The summed E-state index contributed by atoms with van der Waals surface area (Å²) in [5.74, 6) is 0.408. The van der Waals surface area contributed by atoms with E-state index in [1.807, 2.05) is 54.6 Å². The normalized spacial score (nSPS) is 11.0. The number of hydrogen-bond donors (Lipinski definition) is 0. The highest BCUT2D eigenvalue weighted by Crippen LogP contribution is 2.34. The summed E-state index contributed by atoms with van der Waals surface area (Å²) in [6, 6.07) is 17.5. The minimum atomic E-state index is -0.371. The fraction of sp³-hybridized carbons (Fsp3) is 0.118. The molecule has 3 nitrogen and oxygen atoms in total. The molecule has 0 spiro atoms. The molecule has 2 rings (SSSR count). The average molecular weight is 300 g/mol. The van der Waals surface area contributed by atoms with Gasteiger partial charge in [0.1, 0.15) is 5.75 Å². The first-order valence-corrected chi connectivity index (χ1v) is 7.21. The molecule has 2 aromatic carbocycles. The molecule has 0 unspecified atom stereocenters. The van der Waals surface area contributed by atoms with Crippen molar-refractivity contribution in [2.75, 3.05) is 14.2 Å². The lowest BCUT2D eigenvalue weighted by atomic mass is 10.2. The number of thioether (sulfide) groups is 1. The van der Waals surface area contributed by atoms with Gasteiger partial charge in [-0.3, -0.25) is 0 Å². The zero-order valence-electron chi connectivity index (χ0n) is 11.9. The van der Waals surface area contributed by atoms with Gasteiger partial charge in [-0.25, -0.2) is 4.79 Å². The summed E-state index contributed by atoms with van der Waals surface area (Å²) in [5, 5.41) is 0. The van der Waals surface area contributed by atoms with Crippen LogP contribution < -0.4 is 4.74 Å². The Morgan fingerprint density at radius 1 is 1.00 bits per heavy atom. The second-order valence-corrected chi connectivity index (χ2v) is 5.29. The first-order chi connectivity index (χ1) is 10.2. The van der Waals surface area contributed by atoms with Gasteiger partial charge in [0.05, 0.1) is 14.2 Å². The number of benzene rings is 2. The van der Waals surface area contributed by atoms with Crippen molar-refractivity contribution in [3.63, 3.8) is 0 Å². The van der Waals surface area contributed by atoms with Crippen LogP contribution in [0, 0.1) is 0 Å². The molecule has 0 amide bonds. The van der Waals surface area contributed by atoms with E-state index >= 15 is 0 Å². The SMILES string of the molecule is COC(=O)/C=C(\Sc1ccccc1)c1ccc(OC)cc1. The van der Waals surface area contributed by atoms with Crippen molar-refractivity contribution in [2.45, 2.75) is 4.90 Å². The van der Waals surface area contributed by atoms with Gasteiger partial charge in [-0.15, -0.1) is 0 Å². The Kier molecular flexibility index (Phi) is 5.46. The van der Waals surface area contributed by atoms with Crippen molar-refractivity contribution in [1.82, 2.24) is 0 Å². The second-order valence-electron chi connectivity index (χ2n) is 4.18. The molecular formula is C17H16O3S. The average Bonchev–Trinajstić information content (AvgIpc) is 2.55. The quantitative estimate of drug-likeness (QED) is 0.475. The van der Waals surface area contributed by atoms with Crippen molar-refractivity contribution >= 4 is 22.6 Å². The molecule has 2 aromatic rings. The van der Waals surface area contributed by atoms with Crippen LogP contribution in [0.4, 0.5) is 0 Å². The summed E-state index contributed by atoms with van der Waals surface area (Å²) in [7, 11) is 3.00. The van der Waals surface area contributed by atoms with E-state index in [0.29, 0.717) is 0 Å². The third-order valence-corrected chi connectivity index (χ3v) is 3.88. The Hall–Kier alpha value is -2.20. The van der Waals surface area contributed by atoms with Crippen LogP contribution in [-0.2, 0) is 9.53 Å². The smallest absolute Gasteiger partial charge is 0.331 e. The summed E-state index contributed by atoms with van der Waals surface area (Å²) < 4.78 is 9.88. The van der Waals surface area contributed by atoms with Gasteiger partial charge in [-0.2, -0.15) is 0 Å². The van der Waals surface area contributed by atoms with Gasteiger partial charge in [-0.1, -0.05) is 42.1 Å². The lowest BCUT2D eigenvalue weighted by molar-refractivity contribution is -0.134. The number of hydrogen-bond acceptors (Lipinski definition) is 4. The molecule has 0 atom stereocenters. The molecule has 0 aromatic heterocycles. The van der Waals surface area contributed by atoms with E-state index in [1.165, 1.54) is 24.9 Å². The van der Waals surface area contributed by atoms with E-state index in [9.17, 15) is 4.79 Å². The third-order valence-electron chi connectivity index (χ3n) is 2.80. The van der Waals surface area contributed by atoms with Crippen LogP contribution >= 0.6 is 11.8 Å². The van der Waals surface area contributed by atoms with Gasteiger partial charge in [0.25, 0.3) is 0 Å². The maximum absolute atomic E-state index is 11.6. The number of carbonyl (C=O) groups excluding carboxylic acids is 1. The Morgan fingerprint density at radius 2 is 1.67 bits per heavy atom. The van der Waals surface area contributed by atoms with Gasteiger partial charge < -0.3 is 9.47 Å². The number of carbonyl (C=O) groups is 1. The lowest BCUT2D eigenvalue weighted by Crippen LogP contribution is -1.96. The molecule has 0 bridgehead atoms. The minimum Gasteiger partial charge on any atom is -0.497 e. The van der Waals surface area contributed by atoms with Gasteiger partial charge in [0.2, 0.25) is 0 Å². The standard InChI is InChI=1S/C17H16O3S/c1-19-14-10-8-13(9-11-14)16(12-17(18)20-2)21-15-6-4-3-5-7-15/h3-12H,1-2H3/b16-12-. The minimum absolute atomic E-state index is 0.371. The van der Waals surface area contributed by atoms with Gasteiger partial charge in [-0.05, 0) is 29.8 Å². The molecular weight excluding hydrogens is 284 g/mol. The Balaban J connectivity index is 2.31. The van der Waals surface area contributed by atoms with Crippen LogP contribution in [0.5, 0.6) is 5.75 Å². The van der Waals surface area contributed by atoms with Crippen molar-refractivity contribution in [3.05, 3.63) is 66.2 Å². The first-order valence-electron chi connectivity index (χ1n) is 6.40. The van der Waals surface area contributed by atoms with Crippen molar-refractivity contribution in [3.8, 4) is 5.75 Å². The Morgan fingerprint density at radius 3 is 2.24 bits per heavy atom. The van der Waals surface area contributed by atoms with Crippen LogP contribution in [0.25, 0.3) is 4.91 Å². The van der Waals surface area contributed by atoms with Crippen LogP contribution in [0.2, 0.25) is 0 Å². The van der Waals surface area contributed by atoms with Crippen LogP contribution in [-0.4, -0.2) is 20.2 Å². The van der Waals surface area contributed by atoms with Crippen molar-refractivity contribution in [2.24, 2.45) is 0 Å². The van der Waals surface area contributed by atoms with Crippen LogP contribution in [0.3, 0.4) is 0 Å². The molecule has 0 heterocycles. The zero-order chi connectivity index (χ0) is 15.1. The summed E-state index contributed by atoms with van der Waals surface area (Å²) in [6.07, 6.45) is 1.50. The molecule has 21 heavy (non-hydrogen) atoms. The van der Waals surface area contributed by atoms with Gasteiger partial charge in [0, 0.05) is 15.9 Å². The fourth-order valence-electron chi connectivity index (χ4n) is 1.71. The molecule has 0 saturated carbocycles. The highest BCUT2D eigenvalue weighted by molar-refractivity contribution is 8.08. The van der Waals surface area contributed by atoms with Crippen LogP contribution in [0.15, 0.2) is 65.6 Å².